The first kappa shape index (κ1) is 30.7. The minimum atomic E-state index is -4.72. The van der Waals surface area contributed by atoms with Gasteiger partial charge in [0.2, 0.25) is 10.0 Å². The number of halogens is 3. The quantitative estimate of drug-likeness (QED) is 0.273. The van der Waals surface area contributed by atoms with Crippen LogP contribution in [0.5, 0.6) is 11.5 Å². The summed E-state index contributed by atoms with van der Waals surface area (Å²) in [6, 6.07) is 15.8. The Bertz CT molecular complexity index is 1730. The number of nitrogens with zero attached hydrogens (tertiary/aromatic N) is 3. The van der Waals surface area contributed by atoms with Crippen LogP contribution < -0.4 is 19.7 Å². The van der Waals surface area contributed by atoms with Crippen molar-refractivity contribution in [2.24, 2.45) is 0 Å². The van der Waals surface area contributed by atoms with E-state index in [1.165, 1.54) is 34.9 Å². The van der Waals surface area contributed by atoms with E-state index in [1.807, 2.05) is 12.1 Å². The summed E-state index contributed by atoms with van der Waals surface area (Å²) in [5.41, 5.74) is 1.32. The average Bonchev–Trinajstić information content (AvgIpc) is 3.46. The van der Waals surface area contributed by atoms with Crippen molar-refractivity contribution in [1.82, 2.24) is 14.6 Å². The lowest BCUT2D eigenvalue weighted by Crippen LogP contribution is -2.46. The first-order valence-corrected chi connectivity index (χ1v) is 16.0. The van der Waals surface area contributed by atoms with E-state index in [2.05, 4.69) is 19.9 Å². The predicted molar refractivity (Wildman–Crippen MR) is 159 cm³/mol. The fourth-order valence-corrected chi connectivity index (χ4v) is 7.06. The second-order valence-corrected chi connectivity index (χ2v) is 12.9. The lowest BCUT2D eigenvalue weighted by Gasteiger charge is -2.33. The van der Waals surface area contributed by atoms with Crippen LogP contribution in [0.1, 0.15) is 36.2 Å². The normalized spacial score (nSPS) is 17.4. The van der Waals surface area contributed by atoms with E-state index in [0.717, 1.165) is 11.1 Å². The molecule has 14 heteroatoms. The topological polar surface area (TPSA) is 114 Å². The summed E-state index contributed by atoms with van der Waals surface area (Å²) >= 11 is 0. The van der Waals surface area contributed by atoms with Crippen molar-refractivity contribution in [3.05, 3.63) is 78.8 Å². The number of hydrogen-bond donors (Lipinski definition) is 1. The molecule has 4 heterocycles. The van der Waals surface area contributed by atoms with Crippen LogP contribution >= 0.6 is 0 Å². The number of furan rings is 1. The van der Waals surface area contributed by atoms with E-state index in [1.54, 1.807) is 30.3 Å². The number of hydrogen-bond acceptors (Lipinski definition) is 8. The van der Waals surface area contributed by atoms with Crippen LogP contribution in [-0.4, -0.2) is 68.3 Å². The van der Waals surface area contributed by atoms with Gasteiger partial charge in [0.1, 0.15) is 28.1 Å². The summed E-state index contributed by atoms with van der Waals surface area (Å²) < 4.78 is 80.4. The summed E-state index contributed by atoms with van der Waals surface area (Å²) in [7, 11) is -3.63. The van der Waals surface area contributed by atoms with Crippen molar-refractivity contribution < 1.29 is 40.3 Å². The highest BCUT2D eigenvalue weighted by molar-refractivity contribution is 7.89. The van der Waals surface area contributed by atoms with E-state index >= 15 is 0 Å². The molecule has 6 rings (SSSR count). The molecule has 0 spiro atoms. The molecular weight excluding hydrogens is 613 g/mol. The Morgan fingerprint density at radius 1 is 0.933 bits per heavy atom. The molecule has 0 saturated carbocycles. The summed E-state index contributed by atoms with van der Waals surface area (Å²) in [6.07, 6.45) is 0.444. The van der Waals surface area contributed by atoms with Crippen molar-refractivity contribution in [3.8, 4) is 11.5 Å². The van der Waals surface area contributed by atoms with Crippen LogP contribution in [-0.2, 0) is 10.0 Å². The number of anilines is 1. The number of carbonyl (C=O) groups excluding carboxylic acids is 1. The molecule has 0 radical (unpaired) electrons. The summed E-state index contributed by atoms with van der Waals surface area (Å²) in [4.78, 5) is 19.1. The molecule has 2 aromatic carbocycles. The minimum absolute atomic E-state index is 0.0582. The zero-order valence-corrected chi connectivity index (χ0v) is 24.9. The van der Waals surface area contributed by atoms with Crippen LogP contribution in [0.3, 0.4) is 0 Å². The van der Waals surface area contributed by atoms with E-state index in [-0.39, 0.29) is 47.5 Å². The van der Waals surface area contributed by atoms with Crippen LogP contribution in [0.2, 0.25) is 0 Å². The first-order valence-electron chi connectivity index (χ1n) is 14.6. The number of benzene rings is 2. The smallest absolute Gasteiger partial charge is 0.490 e. The Hall–Kier alpha value is -4.30. The molecule has 10 nitrogen and oxygen atoms in total. The molecule has 0 aliphatic carbocycles. The largest absolute Gasteiger partial charge is 0.573 e. The monoisotopic (exact) mass is 644 g/mol. The van der Waals surface area contributed by atoms with Crippen molar-refractivity contribution in [1.29, 1.82) is 0 Å². The van der Waals surface area contributed by atoms with Gasteiger partial charge in [-0.2, -0.15) is 4.31 Å². The number of nitrogens with one attached hydrogen (secondary N) is 1. The highest BCUT2D eigenvalue weighted by Crippen LogP contribution is 2.30. The van der Waals surface area contributed by atoms with Crippen LogP contribution in [0.4, 0.5) is 18.9 Å². The van der Waals surface area contributed by atoms with Crippen LogP contribution in [0.25, 0.3) is 11.0 Å². The van der Waals surface area contributed by atoms with E-state index in [4.69, 9.17) is 9.15 Å². The SMILES string of the molecule is O=C(NC1CCN(S(=O)(=O)c2cccnc2)CC1)c1cc2ccc(OC3CCN(c4ccc(OC(F)(F)F)cc4)CC3)cc2o1. The average molecular weight is 645 g/mol. The third-order valence-corrected chi connectivity index (χ3v) is 9.84. The van der Waals surface area contributed by atoms with Gasteiger partial charge in [-0.25, -0.2) is 8.42 Å². The fourth-order valence-electron chi connectivity index (χ4n) is 5.63. The molecule has 238 valence electrons. The number of sulfonamides is 1. The molecule has 2 aromatic heterocycles. The minimum Gasteiger partial charge on any atom is -0.490 e. The lowest BCUT2D eigenvalue weighted by atomic mass is 10.1. The molecule has 0 bridgehead atoms. The molecule has 2 aliphatic rings. The van der Waals surface area contributed by atoms with Gasteiger partial charge in [-0.3, -0.25) is 9.78 Å². The predicted octanol–water partition coefficient (Wildman–Crippen LogP) is 5.36. The van der Waals surface area contributed by atoms with Crippen molar-refractivity contribution >= 4 is 32.6 Å². The zero-order valence-electron chi connectivity index (χ0n) is 24.1. The maximum absolute atomic E-state index is 13.0. The summed E-state index contributed by atoms with van der Waals surface area (Å²) in [5, 5.41) is 3.71. The molecule has 4 aromatic rings. The van der Waals surface area contributed by atoms with Gasteiger partial charge in [0, 0.05) is 74.6 Å². The number of rotatable bonds is 8. The van der Waals surface area contributed by atoms with Crippen molar-refractivity contribution in [2.45, 2.75) is 49.1 Å². The van der Waals surface area contributed by atoms with Gasteiger partial charge in [0.15, 0.2) is 5.76 Å². The van der Waals surface area contributed by atoms with Gasteiger partial charge in [0.05, 0.1) is 0 Å². The number of aromatic nitrogens is 1. The number of piperidine rings is 2. The lowest BCUT2D eigenvalue weighted by molar-refractivity contribution is -0.274. The zero-order chi connectivity index (χ0) is 31.6. The molecule has 0 atom stereocenters. The van der Waals surface area contributed by atoms with E-state index in [0.29, 0.717) is 50.1 Å². The Kier molecular flexibility index (Phi) is 8.60. The number of amides is 1. The second-order valence-electron chi connectivity index (χ2n) is 11.0. The first-order chi connectivity index (χ1) is 21.5. The standard InChI is InChI=1S/C31H31F3N4O6S/c32-31(33,34)44-25-7-4-23(5-8-25)37-14-11-24(12-15-37)42-26-6-3-21-18-29(43-28(21)19-26)30(39)36-22-9-16-38(17-10-22)45(40,41)27-2-1-13-35-20-27/h1-8,13,18-20,22,24H,9-12,14-17H2,(H,36,39). The van der Waals surface area contributed by atoms with Crippen molar-refractivity contribution in [3.63, 3.8) is 0 Å². The Morgan fingerprint density at radius 2 is 1.64 bits per heavy atom. The number of carbonyl (C=O) groups is 1. The molecule has 2 saturated heterocycles. The van der Waals surface area contributed by atoms with E-state index in [9.17, 15) is 26.4 Å². The second kappa shape index (κ2) is 12.6. The fraction of sp³-hybridized carbons (Fsp3) is 0.355. The maximum atomic E-state index is 13.0. The molecule has 1 amide bonds. The molecule has 1 N–H and O–H groups in total. The third-order valence-electron chi connectivity index (χ3n) is 7.96. The molecule has 0 unspecified atom stereocenters. The van der Waals surface area contributed by atoms with Gasteiger partial charge in [0.25, 0.3) is 5.91 Å². The number of alkyl halides is 3. The van der Waals surface area contributed by atoms with E-state index < -0.39 is 16.4 Å². The molecule has 2 fully saturated rings. The highest BCUT2D eigenvalue weighted by atomic mass is 32.2. The molecule has 45 heavy (non-hydrogen) atoms. The Labute approximate surface area is 257 Å². The Balaban J connectivity index is 0.995. The number of pyridine rings is 1. The molecular formula is C31H31F3N4O6S. The third kappa shape index (κ3) is 7.34. The Morgan fingerprint density at radius 3 is 2.31 bits per heavy atom. The highest BCUT2D eigenvalue weighted by Gasteiger charge is 2.32. The van der Waals surface area contributed by atoms with Crippen LogP contribution in [0.15, 0.2) is 82.4 Å². The van der Waals surface area contributed by atoms with Gasteiger partial charge in [-0.05, 0) is 67.4 Å². The number of fused-ring (bicyclic) bond motifs is 1. The summed E-state index contributed by atoms with van der Waals surface area (Å²) in [5.74, 6) is 0.146. The van der Waals surface area contributed by atoms with Gasteiger partial charge < -0.3 is 24.1 Å². The molecule has 2 aliphatic heterocycles. The maximum Gasteiger partial charge on any atom is 0.573 e. The van der Waals surface area contributed by atoms with Crippen molar-refractivity contribution in [2.75, 3.05) is 31.1 Å². The van der Waals surface area contributed by atoms with Gasteiger partial charge in [-0.15, -0.1) is 13.2 Å². The van der Waals surface area contributed by atoms with Crippen LogP contribution in [0, 0.1) is 0 Å². The van der Waals surface area contributed by atoms with Gasteiger partial charge in [-0.1, -0.05) is 0 Å². The number of ether oxygens (including phenoxy) is 2. The summed E-state index contributed by atoms with van der Waals surface area (Å²) in [6.45, 7) is 1.91. The van der Waals surface area contributed by atoms with Gasteiger partial charge >= 0.3 is 6.36 Å².